The highest BCUT2D eigenvalue weighted by atomic mass is 16.5. The van der Waals surface area contributed by atoms with Crippen LogP contribution in [0.1, 0.15) is 27.7 Å². The fourth-order valence-corrected chi connectivity index (χ4v) is 0.233. The number of hydrogen-bond donors (Lipinski definition) is 2. The molecule has 0 saturated carbocycles. The molecule has 100 valence electrons. The molecule has 0 aliphatic rings. The van der Waals surface area contributed by atoms with E-state index in [1.165, 1.54) is 6.92 Å². The summed E-state index contributed by atoms with van der Waals surface area (Å²) >= 11 is 0. The number of carboxylic acid groups (broad SMARTS) is 1. The maximum Gasteiger partial charge on any atom is 0.374 e. The van der Waals surface area contributed by atoms with Crippen molar-refractivity contribution >= 4 is 23.5 Å². The van der Waals surface area contributed by atoms with Gasteiger partial charge in [0.1, 0.15) is 0 Å². The van der Waals surface area contributed by atoms with Crippen molar-refractivity contribution in [2.45, 2.75) is 27.7 Å². The number of aliphatic hydroxyl groups is 1. The fraction of sp³-hybridized carbons (Fsp3) is 0.600. The van der Waals surface area contributed by atoms with Crippen LogP contribution in [0.2, 0.25) is 0 Å². The van der Waals surface area contributed by atoms with E-state index >= 15 is 0 Å². The van der Waals surface area contributed by atoms with Gasteiger partial charge in [0, 0.05) is 20.5 Å². The number of carbonyl (C=O) groups excluding carboxylic acids is 3. The van der Waals surface area contributed by atoms with E-state index in [1.54, 1.807) is 13.8 Å². The van der Waals surface area contributed by atoms with Crippen LogP contribution in [0.3, 0.4) is 0 Å². The summed E-state index contributed by atoms with van der Waals surface area (Å²) in [6.07, 6.45) is 0. The van der Waals surface area contributed by atoms with Crippen LogP contribution in [0.4, 0.5) is 0 Å². The number of esters is 1. The Bertz CT molecular complexity index is 245. The van der Waals surface area contributed by atoms with Crippen LogP contribution in [-0.2, 0) is 23.9 Å². The first-order valence-corrected chi connectivity index (χ1v) is 4.76. The minimum atomic E-state index is -1.38. The smallest absolute Gasteiger partial charge is 0.374 e. The summed E-state index contributed by atoms with van der Waals surface area (Å²) in [6, 6.07) is 0. The molecule has 0 rings (SSSR count). The normalized spacial score (nSPS) is 7.59. The van der Waals surface area contributed by atoms with Crippen molar-refractivity contribution in [3.63, 3.8) is 0 Å². The van der Waals surface area contributed by atoms with Gasteiger partial charge in [0.2, 0.25) is 11.6 Å². The molecule has 0 aromatic carbocycles. The van der Waals surface area contributed by atoms with Gasteiger partial charge < -0.3 is 14.9 Å². The molecule has 0 atom stereocenters. The lowest BCUT2D eigenvalue weighted by Gasteiger charge is -1.93. The van der Waals surface area contributed by atoms with Crippen molar-refractivity contribution < 1.29 is 34.1 Å². The zero-order chi connectivity index (χ0) is 14.4. The molecule has 0 saturated heterocycles. The van der Waals surface area contributed by atoms with Gasteiger partial charge in [-0.05, 0) is 13.8 Å². The highest BCUT2D eigenvalue weighted by molar-refractivity contribution is 6.32. The number of Topliss-reactive ketones (excluding diaryl/α,β-unsaturated/α-hetero) is 2. The van der Waals surface area contributed by atoms with Gasteiger partial charge in [-0.15, -0.1) is 0 Å². The number of carbonyl (C=O) groups is 4. The molecule has 0 unspecified atom stereocenters. The SMILES string of the molecule is CC(=O)C(=O)O.CCO.CCOC(=O)C(C)=O. The molecule has 0 radical (unpaired) electrons. The predicted molar refractivity (Wildman–Crippen MR) is 58.4 cm³/mol. The molecule has 0 aromatic heterocycles. The van der Waals surface area contributed by atoms with E-state index in [-0.39, 0.29) is 13.2 Å². The Morgan fingerprint density at radius 3 is 1.35 bits per heavy atom. The van der Waals surface area contributed by atoms with Crippen LogP contribution < -0.4 is 0 Å². The third kappa shape index (κ3) is 25.0. The highest BCUT2D eigenvalue weighted by Crippen LogP contribution is 1.77. The first-order chi connectivity index (χ1) is 7.74. The first kappa shape index (κ1) is 20.6. The summed E-state index contributed by atoms with van der Waals surface area (Å²) < 4.78 is 4.31. The van der Waals surface area contributed by atoms with Gasteiger partial charge in [0.05, 0.1) is 6.61 Å². The van der Waals surface area contributed by atoms with Crippen molar-refractivity contribution in [3.8, 4) is 0 Å². The zero-order valence-electron chi connectivity index (χ0n) is 10.3. The second kappa shape index (κ2) is 14.2. The summed E-state index contributed by atoms with van der Waals surface area (Å²) in [7, 11) is 0. The molecule has 0 heterocycles. The van der Waals surface area contributed by atoms with Gasteiger partial charge in [0.15, 0.2) is 0 Å². The van der Waals surface area contributed by atoms with Crippen LogP contribution >= 0.6 is 0 Å². The number of aliphatic hydroxyl groups excluding tert-OH is 1. The largest absolute Gasteiger partial charge is 0.476 e. The minimum absolute atomic E-state index is 0.250. The number of ketones is 2. The van der Waals surface area contributed by atoms with Crippen LogP contribution in [0.15, 0.2) is 0 Å². The maximum atomic E-state index is 10.2. The lowest BCUT2D eigenvalue weighted by atomic mass is 10.5. The highest BCUT2D eigenvalue weighted by Gasteiger charge is 2.05. The van der Waals surface area contributed by atoms with Crippen LogP contribution in [0.25, 0.3) is 0 Å². The first-order valence-electron chi connectivity index (χ1n) is 4.76. The second-order valence-electron chi connectivity index (χ2n) is 2.45. The molecule has 0 amide bonds. The molecule has 0 aliphatic carbocycles. The fourth-order valence-electron chi connectivity index (χ4n) is 0.233. The Kier molecular flexibility index (Phi) is 17.3. The number of carboxylic acids is 1. The molecule has 2 N–H and O–H groups in total. The van der Waals surface area contributed by atoms with Crippen molar-refractivity contribution in [2.75, 3.05) is 13.2 Å². The quantitative estimate of drug-likeness (QED) is 0.525. The molecule has 0 aliphatic heterocycles. The van der Waals surface area contributed by atoms with Crippen molar-refractivity contribution in [1.29, 1.82) is 0 Å². The summed E-state index contributed by atoms with van der Waals surface area (Å²) in [4.78, 5) is 39.1. The van der Waals surface area contributed by atoms with Crippen molar-refractivity contribution in [3.05, 3.63) is 0 Å². The summed E-state index contributed by atoms with van der Waals surface area (Å²) in [5, 5.41) is 15.2. The maximum absolute atomic E-state index is 10.2. The molecule has 7 nitrogen and oxygen atoms in total. The lowest BCUT2D eigenvalue weighted by Crippen LogP contribution is -2.12. The van der Waals surface area contributed by atoms with E-state index in [9.17, 15) is 19.2 Å². The third-order valence-corrected chi connectivity index (χ3v) is 0.864. The van der Waals surface area contributed by atoms with E-state index < -0.39 is 23.5 Å². The molecule has 17 heavy (non-hydrogen) atoms. The molecule has 7 heteroatoms. The Labute approximate surface area is 99.4 Å². The predicted octanol–water partition coefficient (Wildman–Crippen LogP) is -0.203. The monoisotopic (exact) mass is 250 g/mol. The van der Waals surface area contributed by atoms with Gasteiger partial charge in [-0.3, -0.25) is 9.59 Å². The zero-order valence-corrected chi connectivity index (χ0v) is 10.3. The summed E-state index contributed by atoms with van der Waals surface area (Å²) in [5.41, 5.74) is 0. The standard InChI is InChI=1S/C5H8O3.C3H4O3.C2H6O/c1-3-8-5(7)4(2)6;1-2(4)3(5)6;1-2-3/h3H2,1-2H3;1H3,(H,5,6);3H,2H2,1H3. The molecule has 0 aromatic rings. The van der Waals surface area contributed by atoms with Gasteiger partial charge in [-0.25, -0.2) is 9.59 Å². The van der Waals surface area contributed by atoms with Crippen molar-refractivity contribution in [2.24, 2.45) is 0 Å². The molecule has 0 bridgehead atoms. The van der Waals surface area contributed by atoms with Gasteiger partial charge >= 0.3 is 11.9 Å². The van der Waals surface area contributed by atoms with E-state index in [0.717, 1.165) is 6.92 Å². The number of hydrogen-bond acceptors (Lipinski definition) is 6. The number of ether oxygens (including phenoxy) is 1. The summed E-state index contributed by atoms with van der Waals surface area (Å²) in [6.45, 7) is 6.03. The van der Waals surface area contributed by atoms with E-state index in [1.807, 2.05) is 0 Å². The Hall–Kier alpha value is -1.76. The Morgan fingerprint density at radius 1 is 1.00 bits per heavy atom. The van der Waals surface area contributed by atoms with Gasteiger partial charge in [-0.1, -0.05) is 0 Å². The molecular weight excluding hydrogens is 232 g/mol. The summed E-state index contributed by atoms with van der Waals surface area (Å²) in [5.74, 6) is -3.51. The minimum Gasteiger partial charge on any atom is -0.476 e. The second-order valence-corrected chi connectivity index (χ2v) is 2.45. The topological polar surface area (TPSA) is 118 Å². The number of aliphatic carboxylic acids is 1. The third-order valence-electron chi connectivity index (χ3n) is 0.864. The van der Waals surface area contributed by atoms with E-state index in [2.05, 4.69) is 4.74 Å². The lowest BCUT2D eigenvalue weighted by molar-refractivity contribution is -0.152. The van der Waals surface area contributed by atoms with Crippen LogP contribution in [0, 0.1) is 0 Å². The molecule has 0 spiro atoms. The average molecular weight is 250 g/mol. The Balaban J connectivity index is -0.000000193. The Morgan fingerprint density at radius 2 is 1.29 bits per heavy atom. The number of rotatable bonds is 3. The van der Waals surface area contributed by atoms with Gasteiger partial charge in [-0.2, -0.15) is 0 Å². The van der Waals surface area contributed by atoms with Crippen LogP contribution in [0.5, 0.6) is 0 Å². The average Bonchev–Trinajstić information content (AvgIpc) is 2.19. The van der Waals surface area contributed by atoms with Crippen LogP contribution in [-0.4, -0.2) is 46.9 Å². The molecular formula is C10H18O7. The molecule has 0 fully saturated rings. The van der Waals surface area contributed by atoms with E-state index in [0.29, 0.717) is 0 Å². The van der Waals surface area contributed by atoms with Gasteiger partial charge in [0.25, 0.3) is 0 Å². The van der Waals surface area contributed by atoms with E-state index in [4.69, 9.17) is 10.2 Å². The van der Waals surface area contributed by atoms with Crippen molar-refractivity contribution in [1.82, 2.24) is 0 Å².